The molecule has 0 spiro atoms. The summed E-state index contributed by atoms with van der Waals surface area (Å²) in [5, 5.41) is 4.45. The van der Waals surface area contributed by atoms with Crippen LogP contribution in [0.3, 0.4) is 0 Å². The summed E-state index contributed by atoms with van der Waals surface area (Å²) in [6.07, 6.45) is 4.67. The fourth-order valence-electron chi connectivity index (χ4n) is 5.37. The van der Waals surface area contributed by atoms with Gasteiger partial charge < -0.3 is 14.4 Å². The van der Waals surface area contributed by atoms with Crippen molar-refractivity contribution in [1.29, 1.82) is 0 Å². The minimum atomic E-state index is 0.0405. The molecule has 10 heteroatoms. The third kappa shape index (κ3) is 4.81. The lowest BCUT2D eigenvalue weighted by atomic mass is 10.0. The lowest BCUT2D eigenvalue weighted by Gasteiger charge is -2.32. The van der Waals surface area contributed by atoms with Crippen LogP contribution in [0, 0.1) is 20.8 Å². The number of nitrogens with zero attached hydrogens (tertiary/aromatic N) is 8. The largest absolute Gasteiger partial charge is 0.485 e. The smallest absolute Gasteiger partial charge is 0.253 e. The van der Waals surface area contributed by atoms with Crippen molar-refractivity contribution in [3.63, 3.8) is 0 Å². The Morgan fingerprint density at radius 1 is 0.974 bits per heavy atom. The van der Waals surface area contributed by atoms with Crippen molar-refractivity contribution in [3.8, 4) is 17.0 Å². The number of ether oxygens (including phenoxy) is 2. The number of benzene rings is 1. The van der Waals surface area contributed by atoms with Gasteiger partial charge in [-0.3, -0.25) is 9.88 Å². The standard InChI is InChI=1S/C28H34N8O2/c1-18-27(20(3)36-28(31-18)32-21(4)33-36)38-24-9-10-35(17-24)26-16-29-25(15-30-26)23-7-5-22(6-8-23)19(2)34-11-13-37-14-12-34/h5-8,15-16,19,24H,9-14,17H2,1-4H3/t19-,24?/m0/s1. The van der Waals surface area contributed by atoms with E-state index in [0.717, 1.165) is 80.0 Å². The summed E-state index contributed by atoms with van der Waals surface area (Å²) in [7, 11) is 0. The maximum atomic E-state index is 6.42. The zero-order valence-corrected chi connectivity index (χ0v) is 22.5. The highest BCUT2D eigenvalue weighted by molar-refractivity contribution is 5.59. The van der Waals surface area contributed by atoms with Crippen LogP contribution in [0.25, 0.3) is 17.0 Å². The van der Waals surface area contributed by atoms with Gasteiger partial charge in [0.2, 0.25) is 0 Å². The van der Waals surface area contributed by atoms with Crippen LogP contribution in [0.1, 0.15) is 42.2 Å². The van der Waals surface area contributed by atoms with Crippen molar-refractivity contribution in [1.82, 2.24) is 34.4 Å². The van der Waals surface area contributed by atoms with Crippen LogP contribution in [-0.2, 0) is 4.74 Å². The highest BCUT2D eigenvalue weighted by Crippen LogP contribution is 2.28. The Morgan fingerprint density at radius 2 is 1.76 bits per heavy atom. The van der Waals surface area contributed by atoms with Gasteiger partial charge in [-0.15, -0.1) is 5.10 Å². The van der Waals surface area contributed by atoms with E-state index in [1.807, 2.05) is 33.2 Å². The topological polar surface area (TPSA) is 93.8 Å². The number of aryl methyl sites for hydroxylation is 3. The number of hydrogen-bond acceptors (Lipinski definition) is 9. The maximum absolute atomic E-state index is 6.42. The van der Waals surface area contributed by atoms with Crippen LogP contribution >= 0.6 is 0 Å². The first-order valence-corrected chi connectivity index (χ1v) is 13.3. The predicted octanol–water partition coefficient (Wildman–Crippen LogP) is 3.56. The highest BCUT2D eigenvalue weighted by atomic mass is 16.5. The third-order valence-electron chi connectivity index (χ3n) is 7.61. The van der Waals surface area contributed by atoms with E-state index in [2.05, 4.69) is 56.1 Å². The summed E-state index contributed by atoms with van der Waals surface area (Å²) in [5.41, 5.74) is 5.00. The Balaban J connectivity index is 1.10. The van der Waals surface area contributed by atoms with Crippen molar-refractivity contribution in [3.05, 3.63) is 59.4 Å². The van der Waals surface area contributed by atoms with E-state index in [0.29, 0.717) is 17.6 Å². The lowest BCUT2D eigenvalue weighted by molar-refractivity contribution is 0.0198. The van der Waals surface area contributed by atoms with Crippen LogP contribution in [0.2, 0.25) is 0 Å². The van der Waals surface area contributed by atoms with E-state index in [1.54, 1.807) is 4.52 Å². The molecular weight excluding hydrogens is 480 g/mol. The summed E-state index contributed by atoms with van der Waals surface area (Å²) in [6, 6.07) is 9.05. The summed E-state index contributed by atoms with van der Waals surface area (Å²) >= 11 is 0. The second-order valence-electron chi connectivity index (χ2n) is 10.2. The molecule has 5 heterocycles. The number of anilines is 1. The van der Waals surface area contributed by atoms with Gasteiger partial charge in [0.05, 0.1) is 49.2 Å². The van der Waals surface area contributed by atoms with Crippen LogP contribution in [0.4, 0.5) is 5.82 Å². The third-order valence-corrected chi connectivity index (χ3v) is 7.61. The molecule has 0 bridgehead atoms. The Labute approximate surface area is 222 Å². The number of rotatable bonds is 6. The molecule has 2 aliphatic heterocycles. The number of aromatic nitrogens is 6. The minimum absolute atomic E-state index is 0.0405. The van der Waals surface area contributed by atoms with E-state index >= 15 is 0 Å². The number of hydrogen-bond donors (Lipinski definition) is 0. The average molecular weight is 515 g/mol. The Kier molecular flexibility index (Phi) is 6.67. The molecule has 1 unspecified atom stereocenters. The van der Waals surface area contributed by atoms with E-state index in [4.69, 9.17) is 19.4 Å². The summed E-state index contributed by atoms with van der Waals surface area (Å²) in [6.45, 7) is 13.3. The molecule has 3 aromatic heterocycles. The molecule has 0 amide bonds. The lowest BCUT2D eigenvalue weighted by Crippen LogP contribution is -2.37. The first-order chi connectivity index (χ1) is 18.5. The Hall–Kier alpha value is -3.63. The Bertz CT molecular complexity index is 1410. The van der Waals surface area contributed by atoms with Crippen LogP contribution in [0.15, 0.2) is 36.7 Å². The summed E-state index contributed by atoms with van der Waals surface area (Å²) in [4.78, 5) is 23.1. The first kappa shape index (κ1) is 24.7. The minimum Gasteiger partial charge on any atom is -0.485 e. The van der Waals surface area contributed by atoms with Gasteiger partial charge >= 0.3 is 0 Å². The molecule has 1 aromatic carbocycles. The van der Waals surface area contributed by atoms with E-state index in [1.165, 1.54) is 5.56 Å². The molecule has 198 valence electrons. The number of morpholine rings is 1. The van der Waals surface area contributed by atoms with Crippen LogP contribution < -0.4 is 9.64 Å². The zero-order valence-electron chi connectivity index (χ0n) is 22.5. The second kappa shape index (κ2) is 10.3. The average Bonchev–Trinajstić information content (AvgIpc) is 3.57. The summed E-state index contributed by atoms with van der Waals surface area (Å²) < 4.78 is 13.7. The van der Waals surface area contributed by atoms with Gasteiger partial charge in [0.15, 0.2) is 5.75 Å². The van der Waals surface area contributed by atoms with Crippen molar-refractivity contribution >= 4 is 11.6 Å². The van der Waals surface area contributed by atoms with Crippen molar-refractivity contribution < 1.29 is 9.47 Å². The van der Waals surface area contributed by atoms with Gasteiger partial charge in [0, 0.05) is 37.7 Å². The molecule has 2 atom stereocenters. The van der Waals surface area contributed by atoms with E-state index in [-0.39, 0.29) is 6.10 Å². The molecule has 2 aliphatic rings. The molecule has 6 rings (SSSR count). The van der Waals surface area contributed by atoms with Gasteiger partial charge in [-0.2, -0.15) is 9.50 Å². The van der Waals surface area contributed by atoms with Crippen molar-refractivity contribution in [2.24, 2.45) is 0 Å². The first-order valence-electron chi connectivity index (χ1n) is 13.3. The molecule has 0 N–H and O–H groups in total. The predicted molar refractivity (Wildman–Crippen MR) is 145 cm³/mol. The second-order valence-corrected chi connectivity index (χ2v) is 10.2. The van der Waals surface area contributed by atoms with E-state index < -0.39 is 0 Å². The Morgan fingerprint density at radius 3 is 2.50 bits per heavy atom. The molecule has 4 aromatic rings. The maximum Gasteiger partial charge on any atom is 0.253 e. The molecule has 2 fully saturated rings. The van der Waals surface area contributed by atoms with Gasteiger partial charge in [-0.25, -0.2) is 9.97 Å². The molecule has 38 heavy (non-hydrogen) atoms. The van der Waals surface area contributed by atoms with Crippen molar-refractivity contribution in [2.45, 2.75) is 46.3 Å². The van der Waals surface area contributed by atoms with E-state index in [9.17, 15) is 0 Å². The van der Waals surface area contributed by atoms with Crippen LogP contribution in [0.5, 0.6) is 5.75 Å². The molecule has 2 saturated heterocycles. The highest BCUT2D eigenvalue weighted by Gasteiger charge is 2.27. The molecule has 10 nitrogen and oxygen atoms in total. The fraction of sp³-hybridized carbons (Fsp3) is 0.464. The molecule has 0 aliphatic carbocycles. The van der Waals surface area contributed by atoms with Crippen molar-refractivity contribution in [2.75, 3.05) is 44.3 Å². The van der Waals surface area contributed by atoms with Gasteiger partial charge in [-0.05, 0) is 33.3 Å². The quantitative estimate of drug-likeness (QED) is 0.383. The fourth-order valence-corrected chi connectivity index (χ4v) is 5.37. The normalized spacial score (nSPS) is 19.3. The van der Waals surface area contributed by atoms with Crippen LogP contribution in [-0.4, -0.2) is 79.9 Å². The van der Waals surface area contributed by atoms with Gasteiger partial charge in [0.25, 0.3) is 5.78 Å². The molecule has 0 radical (unpaired) electrons. The summed E-state index contributed by atoms with van der Waals surface area (Å²) in [5.74, 6) is 2.95. The zero-order chi connectivity index (χ0) is 26.2. The molecule has 0 saturated carbocycles. The number of fused-ring (bicyclic) bond motifs is 1. The SMILES string of the molecule is Cc1nc2nc(C)c(OC3CCN(c4cnc(-c5ccc([C@H](C)N6CCOCC6)cc5)cn4)C3)c(C)n2n1. The monoisotopic (exact) mass is 514 g/mol. The molecular formula is C28H34N8O2. The van der Waals surface area contributed by atoms with Gasteiger partial charge in [0.1, 0.15) is 17.7 Å². The van der Waals surface area contributed by atoms with Gasteiger partial charge in [-0.1, -0.05) is 24.3 Å².